The molecular formula is C16H24BrN. The zero-order chi connectivity index (χ0) is 13.0. The SMILES string of the molecule is CCC(NCC1CCC(C)C1)c1ccc(Br)cc1. The van der Waals surface area contributed by atoms with Crippen molar-refractivity contribution in [2.24, 2.45) is 11.8 Å². The van der Waals surface area contributed by atoms with Gasteiger partial charge in [0.25, 0.3) is 0 Å². The van der Waals surface area contributed by atoms with Crippen LogP contribution in [0, 0.1) is 11.8 Å². The molecule has 0 aromatic heterocycles. The quantitative estimate of drug-likeness (QED) is 0.813. The Labute approximate surface area is 119 Å². The van der Waals surface area contributed by atoms with Crippen LogP contribution in [-0.4, -0.2) is 6.54 Å². The number of benzene rings is 1. The van der Waals surface area contributed by atoms with Gasteiger partial charge in [0.15, 0.2) is 0 Å². The molecule has 1 aromatic rings. The van der Waals surface area contributed by atoms with E-state index in [0.29, 0.717) is 6.04 Å². The third-order valence-electron chi connectivity index (χ3n) is 4.14. The van der Waals surface area contributed by atoms with Crippen molar-refractivity contribution in [1.29, 1.82) is 0 Å². The highest BCUT2D eigenvalue weighted by atomic mass is 79.9. The van der Waals surface area contributed by atoms with Crippen LogP contribution in [0.3, 0.4) is 0 Å². The predicted octanol–water partition coefficient (Wildman–Crippen LogP) is 4.93. The highest BCUT2D eigenvalue weighted by Gasteiger charge is 2.21. The molecule has 1 N–H and O–H groups in total. The van der Waals surface area contributed by atoms with Crippen LogP contribution in [0.15, 0.2) is 28.7 Å². The van der Waals surface area contributed by atoms with E-state index in [1.54, 1.807) is 0 Å². The smallest absolute Gasteiger partial charge is 0.0317 e. The van der Waals surface area contributed by atoms with Gasteiger partial charge in [-0.1, -0.05) is 48.3 Å². The van der Waals surface area contributed by atoms with Crippen molar-refractivity contribution < 1.29 is 0 Å². The Morgan fingerprint density at radius 1 is 1.28 bits per heavy atom. The van der Waals surface area contributed by atoms with Crippen molar-refractivity contribution in [3.63, 3.8) is 0 Å². The molecule has 0 aliphatic heterocycles. The van der Waals surface area contributed by atoms with Gasteiger partial charge in [-0.15, -0.1) is 0 Å². The fraction of sp³-hybridized carbons (Fsp3) is 0.625. The predicted molar refractivity (Wildman–Crippen MR) is 81.7 cm³/mol. The van der Waals surface area contributed by atoms with Crippen molar-refractivity contribution >= 4 is 15.9 Å². The summed E-state index contributed by atoms with van der Waals surface area (Å²) >= 11 is 3.50. The van der Waals surface area contributed by atoms with E-state index in [-0.39, 0.29) is 0 Å². The van der Waals surface area contributed by atoms with Crippen LogP contribution in [0.4, 0.5) is 0 Å². The fourth-order valence-electron chi connectivity index (χ4n) is 3.01. The first-order chi connectivity index (χ1) is 8.69. The first-order valence-corrected chi connectivity index (χ1v) is 7.97. The largest absolute Gasteiger partial charge is 0.310 e. The summed E-state index contributed by atoms with van der Waals surface area (Å²) in [7, 11) is 0. The van der Waals surface area contributed by atoms with Gasteiger partial charge in [0.1, 0.15) is 0 Å². The zero-order valence-electron chi connectivity index (χ0n) is 11.5. The molecule has 0 bridgehead atoms. The zero-order valence-corrected chi connectivity index (χ0v) is 13.0. The molecule has 1 nitrogen and oxygen atoms in total. The molecule has 0 heterocycles. The summed E-state index contributed by atoms with van der Waals surface area (Å²) in [6.07, 6.45) is 5.39. The van der Waals surface area contributed by atoms with Crippen molar-refractivity contribution in [3.05, 3.63) is 34.3 Å². The van der Waals surface area contributed by atoms with Crippen LogP contribution >= 0.6 is 15.9 Å². The van der Waals surface area contributed by atoms with Gasteiger partial charge in [-0.2, -0.15) is 0 Å². The minimum atomic E-state index is 0.508. The first kappa shape index (κ1) is 14.1. The van der Waals surface area contributed by atoms with Gasteiger partial charge in [0.05, 0.1) is 0 Å². The maximum Gasteiger partial charge on any atom is 0.0317 e. The Morgan fingerprint density at radius 2 is 2.00 bits per heavy atom. The molecule has 2 rings (SSSR count). The molecule has 0 saturated heterocycles. The molecule has 3 unspecified atom stereocenters. The Bertz CT molecular complexity index is 360. The Balaban J connectivity index is 1.87. The highest BCUT2D eigenvalue weighted by Crippen LogP contribution is 2.30. The molecule has 1 aromatic carbocycles. The third-order valence-corrected chi connectivity index (χ3v) is 4.67. The monoisotopic (exact) mass is 309 g/mol. The average Bonchev–Trinajstić information content (AvgIpc) is 2.78. The lowest BCUT2D eigenvalue weighted by Crippen LogP contribution is -2.26. The summed E-state index contributed by atoms with van der Waals surface area (Å²) in [5.74, 6) is 1.83. The summed E-state index contributed by atoms with van der Waals surface area (Å²) in [5.41, 5.74) is 1.41. The Kier molecular flexibility index (Phi) is 5.25. The lowest BCUT2D eigenvalue weighted by molar-refractivity contribution is 0.421. The van der Waals surface area contributed by atoms with Crippen molar-refractivity contribution in [2.45, 2.75) is 45.6 Å². The summed E-state index contributed by atoms with van der Waals surface area (Å²) in [6, 6.07) is 9.23. The van der Waals surface area contributed by atoms with E-state index in [0.717, 1.165) is 22.7 Å². The van der Waals surface area contributed by atoms with Crippen molar-refractivity contribution in [1.82, 2.24) is 5.32 Å². The van der Waals surface area contributed by atoms with E-state index in [1.165, 1.54) is 31.4 Å². The van der Waals surface area contributed by atoms with Gasteiger partial charge in [-0.3, -0.25) is 0 Å². The van der Waals surface area contributed by atoms with E-state index in [4.69, 9.17) is 0 Å². The number of halogens is 1. The molecule has 0 spiro atoms. The number of hydrogen-bond acceptors (Lipinski definition) is 1. The summed E-state index contributed by atoms with van der Waals surface area (Å²) in [5, 5.41) is 3.75. The van der Waals surface area contributed by atoms with Crippen molar-refractivity contribution in [2.75, 3.05) is 6.54 Å². The lowest BCUT2D eigenvalue weighted by atomic mass is 10.0. The minimum Gasteiger partial charge on any atom is -0.310 e. The van der Waals surface area contributed by atoms with E-state index in [9.17, 15) is 0 Å². The number of hydrogen-bond donors (Lipinski definition) is 1. The van der Waals surface area contributed by atoms with Gasteiger partial charge in [-0.25, -0.2) is 0 Å². The molecule has 2 heteroatoms. The van der Waals surface area contributed by atoms with E-state index >= 15 is 0 Å². The van der Waals surface area contributed by atoms with Crippen LogP contribution in [0.1, 0.15) is 51.1 Å². The van der Waals surface area contributed by atoms with Gasteiger partial charge in [-0.05, 0) is 55.3 Å². The Morgan fingerprint density at radius 3 is 2.56 bits per heavy atom. The first-order valence-electron chi connectivity index (χ1n) is 7.18. The fourth-order valence-corrected chi connectivity index (χ4v) is 3.28. The molecule has 1 aliphatic carbocycles. The molecule has 0 amide bonds. The van der Waals surface area contributed by atoms with Gasteiger partial charge in [0.2, 0.25) is 0 Å². The standard InChI is InChI=1S/C16H24BrN/c1-3-16(14-6-8-15(17)9-7-14)18-11-13-5-4-12(2)10-13/h6-9,12-13,16,18H,3-5,10-11H2,1-2H3. The van der Waals surface area contributed by atoms with E-state index in [2.05, 4.69) is 59.4 Å². The third kappa shape index (κ3) is 3.83. The summed E-state index contributed by atoms with van der Waals surface area (Å²) < 4.78 is 1.16. The molecule has 0 radical (unpaired) electrons. The second-order valence-corrected chi connectivity index (χ2v) is 6.62. The van der Waals surface area contributed by atoms with Crippen LogP contribution in [0.25, 0.3) is 0 Å². The second kappa shape index (κ2) is 6.72. The number of rotatable bonds is 5. The lowest BCUT2D eigenvalue weighted by Gasteiger charge is -2.20. The van der Waals surface area contributed by atoms with Gasteiger partial charge >= 0.3 is 0 Å². The molecule has 1 fully saturated rings. The summed E-state index contributed by atoms with van der Waals surface area (Å²) in [4.78, 5) is 0. The van der Waals surface area contributed by atoms with Gasteiger partial charge in [0, 0.05) is 10.5 Å². The van der Waals surface area contributed by atoms with Crippen LogP contribution in [-0.2, 0) is 0 Å². The van der Waals surface area contributed by atoms with E-state index < -0.39 is 0 Å². The van der Waals surface area contributed by atoms with Gasteiger partial charge < -0.3 is 5.32 Å². The van der Waals surface area contributed by atoms with Crippen LogP contribution in [0.2, 0.25) is 0 Å². The average molecular weight is 310 g/mol. The molecule has 1 aliphatic rings. The molecule has 100 valence electrons. The maximum atomic E-state index is 3.75. The Hall–Kier alpha value is -0.340. The normalized spacial score (nSPS) is 25.3. The topological polar surface area (TPSA) is 12.0 Å². The highest BCUT2D eigenvalue weighted by molar-refractivity contribution is 9.10. The molecule has 1 saturated carbocycles. The molecular weight excluding hydrogens is 286 g/mol. The van der Waals surface area contributed by atoms with E-state index in [1.807, 2.05) is 0 Å². The van der Waals surface area contributed by atoms with Crippen molar-refractivity contribution in [3.8, 4) is 0 Å². The number of nitrogens with one attached hydrogen (secondary N) is 1. The summed E-state index contributed by atoms with van der Waals surface area (Å²) in [6.45, 7) is 5.82. The second-order valence-electron chi connectivity index (χ2n) is 5.70. The van der Waals surface area contributed by atoms with Crippen LogP contribution < -0.4 is 5.32 Å². The van der Waals surface area contributed by atoms with Crippen LogP contribution in [0.5, 0.6) is 0 Å². The minimum absolute atomic E-state index is 0.508. The molecule has 3 atom stereocenters. The maximum absolute atomic E-state index is 3.75. The molecule has 18 heavy (non-hydrogen) atoms.